The average Bonchev–Trinajstić information content (AvgIpc) is 1.82. The minimum Gasteiger partial charge on any atom is -0.619 e. The van der Waals surface area contributed by atoms with E-state index in [9.17, 15) is 15.3 Å². The highest BCUT2D eigenvalue weighted by Crippen LogP contribution is 2.26. The number of aromatic nitrogens is 1. The van der Waals surface area contributed by atoms with Crippen LogP contribution in [-0.4, -0.2) is 10.0 Å². The Morgan fingerprint density at radius 2 is 2.17 bits per heavy atom. The van der Waals surface area contributed by atoms with E-state index >= 15 is 0 Å². The van der Waals surface area contributed by atoms with Crippen molar-refractivity contribution < 1.29 is 14.8 Å². The number of rotatable bonds is 1. The van der Waals surface area contributed by atoms with Crippen LogP contribution in [0.25, 0.3) is 0 Å². The molecule has 12 heavy (non-hydrogen) atoms. The van der Waals surface area contributed by atoms with Crippen LogP contribution in [0.4, 0.5) is 5.69 Å². The van der Waals surface area contributed by atoms with Crippen LogP contribution in [-0.2, 0) is 0 Å². The molecule has 64 valence electrons. The van der Waals surface area contributed by atoms with Gasteiger partial charge >= 0.3 is 5.69 Å². The maximum absolute atomic E-state index is 10.6. The van der Waals surface area contributed by atoms with E-state index in [2.05, 4.69) is 0 Å². The SMILES string of the molecule is Cc1c[n+]([O-])cc(O)c1[N+](=O)[O-]. The molecular weight excluding hydrogens is 164 g/mol. The smallest absolute Gasteiger partial charge is 0.326 e. The molecule has 0 aliphatic rings. The summed E-state index contributed by atoms with van der Waals surface area (Å²) in [7, 11) is 0. The first-order valence-corrected chi connectivity index (χ1v) is 3.09. The van der Waals surface area contributed by atoms with Gasteiger partial charge in [0.1, 0.15) is 0 Å². The predicted molar refractivity (Wildman–Crippen MR) is 38.5 cm³/mol. The third-order valence-electron chi connectivity index (χ3n) is 1.37. The molecule has 0 bridgehead atoms. The van der Waals surface area contributed by atoms with Crippen LogP contribution in [0, 0.1) is 22.2 Å². The average molecular weight is 170 g/mol. The first-order valence-electron chi connectivity index (χ1n) is 3.09. The van der Waals surface area contributed by atoms with Crippen LogP contribution in [0.15, 0.2) is 12.4 Å². The summed E-state index contributed by atoms with van der Waals surface area (Å²) in [6.45, 7) is 1.38. The summed E-state index contributed by atoms with van der Waals surface area (Å²) >= 11 is 0. The van der Waals surface area contributed by atoms with Crippen molar-refractivity contribution in [2.45, 2.75) is 6.92 Å². The summed E-state index contributed by atoms with van der Waals surface area (Å²) in [5.74, 6) is -0.616. The number of nitro groups is 1. The molecule has 0 fully saturated rings. The molecule has 0 amide bonds. The molecule has 0 aliphatic heterocycles. The molecule has 0 atom stereocenters. The summed E-state index contributed by atoms with van der Waals surface area (Å²) in [4.78, 5) is 9.56. The van der Waals surface area contributed by atoms with Gasteiger partial charge in [-0.1, -0.05) is 0 Å². The second-order valence-corrected chi connectivity index (χ2v) is 2.29. The van der Waals surface area contributed by atoms with E-state index in [4.69, 9.17) is 5.11 Å². The molecule has 1 aromatic heterocycles. The third-order valence-corrected chi connectivity index (χ3v) is 1.37. The van der Waals surface area contributed by atoms with E-state index < -0.39 is 16.4 Å². The summed E-state index contributed by atoms with van der Waals surface area (Å²) < 4.78 is 0.317. The number of aromatic hydroxyl groups is 1. The molecule has 6 heteroatoms. The van der Waals surface area contributed by atoms with Crippen molar-refractivity contribution in [3.63, 3.8) is 0 Å². The molecule has 6 nitrogen and oxygen atoms in total. The fraction of sp³-hybridized carbons (Fsp3) is 0.167. The molecule has 0 radical (unpaired) electrons. The second kappa shape index (κ2) is 2.65. The van der Waals surface area contributed by atoms with E-state index in [-0.39, 0.29) is 5.56 Å². The highest BCUT2D eigenvalue weighted by molar-refractivity contribution is 5.47. The summed E-state index contributed by atoms with van der Waals surface area (Å²) in [6, 6.07) is 0. The van der Waals surface area contributed by atoms with Gasteiger partial charge in [-0.15, -0.1) is 0 Å². The highest BCUT2D eigenvalue weighted by atomic mass is 16.6. The number of hydrogen-bond donors (Lipinski definition) is 1. The lowest BCUT2D eigenvalue weighted by atomic mass is 10.2. The van der Waals surface area contributed by atoms with Gasteiger partial charge in [0.25, 0.3) is 5.75 Å². The van der Waals surface area contributed by atoms with Gasteiger partial charge in [-0.3, -0.25) is 10.1 Å². The number of nitrogens with zero attached hydrogens (tertiary/aromatic N) is 2. The maximum atomic E-state index is 10.6. The molecule has 1 rings (SSSR count). The van der Waals surface area contributed by atoms with E-state index in [1.54, 1.807) is 0 Å². The van der Waals surface area contributed by atoms with Crippen LogP contribution >= 0.6 is 0 Å². The largest absolute Gasteiger partial charge is 0.619 e. The van der Waals surface area contributed by atoms with Crippen molar-refractivity contribution in [2.75, 3.05) is 0 Å². The third kappa shape index (κ3) is 1.26. The minimum absolute atomic E-state index is 0.134. The van der Waals surface area contributed by atoms with Gasteiger partial charge in [-0.25, -0.2) is 0 Å². The molecule has 1 aromatic rings. The van der Waals surface area contributed by atoms with Gasteiger partial charge in [0.15, 0.2) is 6.20 Å². The van der Waals surface area contributed by atoms with Crippen molar-refractivity contribution in [3.05, 3.63) is 33.3 Å². The molecule has 0 saturated carbocycles. The lowest BCUT2D eigenvalue weighted by molar-refractivity contribution is -0.607. The second-order valence-electron chi connectivity index (χ2n) is 2.29. The Hall–Kier alpha value is -1.85. The normalized spacial score (nSPS) is 9.75. The van der Waals surface area contributed by atoms with E-state index in [0.717, 1.165) is 12.4 Å². The van der Waals surface area contributed by atoms with Gasteiger partial charge in [0.05, 0.1) is 10.5 Å². The Morgan fingerprint density at radius 1 is 1.58 bits per heavy atom. The van der Waals surface area contributed by atoms with Crippen LogP contribution < -0.4 is 4.73 Å². The number of pyridine rings is 1. The maximum Gasteiger partial charge on any atom is 0.326 e. The van der Waals surface area contributed by atoms with Crippen molar-refractivity contribution >= 4 is 5.69 Å². The summed E-state index contributed by atoms with van der Waals surface area (Å²) in [5, 5.41) is 29.9. The van der Waals surface area contributed by atoms with Gasteiger partial charge in [-0.2, -0.15) is 4.73 Å². The lowest BCUT2D eigenvalue weighted by Crippen LogP contribution is -2.25. The number of aryl methyl sites for hydroxylation is 1. The number of hydrogen-bond acceptors (Lipinski definition) is 4. The lowest BCUT2D eigenvalue weighted by Gasteiger charge is -1.99. The van der Waals surface area contributed by atoms with E-state index in [1.807, 2.05) is 0 Å². The van der Waals surface area contributed by atoms with Crippen molar-refractivity contribution in [1.82, 2.24) is 0 Å². The first-order chi connectivity index (χ1) is 5.52. The molecule has 0 saturated heterocycles. The van der Waals surface area contributed by atoms with Gasteiger partial charge < -0.3 is 10.3 Å². The summed E-state index contributed by atoms with van der Waals surface area (Å²) in [5.41, 5.74) is -0.294. The fourth-order valence-corrected chi connectivity index (χ4v) is 0.910. The van der Waals surface area contributed by atoms with Crippen molar-refractivity contribution in [2.24, 2.45) is 0 Å². The minimum atomic E-state index is -0.731. The molecule has 1 heterocycles. The molecule has 0 aliphatic carbocycles. The van der Waals surface area contributed by atoms with Gasteiger partial charge in [0.2, 0.25) is 6.20 Å². The zero-order valence-corrected chi connectivity index (χ0v) is 6.22. The van der Waals surface area contributed by atoms with E-state index in [0.29, 0.717) is 4.73 Å². The Balaban J connectivity index is 3.38. The molecule has 0 spiro atoms. The standard InChI is InChI=1S/C6H6N2O4/c1-4-2-7(10)3-5(9)6(4)8(11)12/h2-3,9H,1H3. The van der Waals surface area contributed by atoms with Crippen LogP contribution in [0.3, 0.4) is 0 Å². The Bertz CT molecular complexity index is 313. The molecule has 0 aromatic carbocycles. The van der Waals surface area contributed by atoms with Crippen LogP contribution in [0.2, 0.25) is 0 Å². The topological polar surface area (TPSA) is 90.3 Å². The summed E-state index contributed by atoms with van der Waals surface area (Å²) in [6.07, 6.45) is 1.77. The van der Waals surface area contributed by atoms with Crippen molar-refractivity contribution in [3.8, 4) is 5.75 Å². The predicted octanol–water partition coefficient (Wildman–Crippen LogP) is 0.242. The van der Waals surface area contributed by atoms with Crippen LogP contribution in [0.1, 0.15) is 5.56 Å². The quantitative estimate of drug-likeness (QED) is 0.283. The molecular formula is C6H6N2O4. The highest BCUT2D eigenvalue weighted by Gasteiger charge is 2.20. The van der Waals surface area contributed by atoms with E-state index in [1.165, 1.54) is 6.92 Å². The van der Waals surface area contributed by atoms with Crippen molar-refractivity contribution in [1.29, 1.82) is 0 Å². The monoisotopic (exact) mass is 170 g/mol. The van der Waals surface area contributed by atoms with Gasteiger partial charge in [-0.05, 0) is 6.92 Å². The molecule has 1 N–H and O–H groups in total. The fourth-order valence-electron chi connectivity index (χ4n) is 0.910. The first kappa shape index (κ1) is 8.25. The Morgan fingerprint density at radius 3 is 2.58 bits per heavy atom. The van der Waals surface area contributed by atoms with Crippen LogP contribution in [0.5, 0.6) is 5.75 Å². The van der Waals surface area contributed by atoms with Gasteiger partial charge in [0, 0.05) is 0 Å². The zero-order chi connectivity index (χ0) is 9.30. The Labute approximate surface area is 67.4 Å². The Kier molecular flexibility index (Phi) is 1.82. The molecule has 0 unspecified atom stereocenters. The zero-order valence-electron chi connectivity index (χ0n) is 6.22.